The Morgan fingerprint density at radius 2 is 1.97 bits per heavy atom. The monoisotopic (exact) mass is 446 g/mol. The molecule has 1 fully saturated rings. The lowest BCUT2D eigenvalue weighted by atomic mass is 10.1. The molecule has 150 valence electrons. The molecule has 5 nitrogen and oxygen atoms in total. The van der Waals surface area contributed by atoms with Crippen molar-refractivity contribution in [1.82, 2.24) is 20.1 Å². The van der Waals surface area contributed by atoms with Gasteiger partial charge in [0.05, 0.1) is 5.02 Å². The van der Waals surface area contributed by atoms with Crippen molar-refractivity contribution in [2.24, 2.45) is 0 Å². The van der Waals surface area contributed by atoms with Crippen molar-refractivity contribution in [1.29, 1.82) is 0 Å². The quantitative estimate of drug-likeness (QED) is 0.494. The predicted octanol–water partition coefficient (Wildman–Crippen LogP) is 5.38. The first-order valence-corrected chi connectivity index (χ1v) is 11.1. The van der Waals surface area contributed by atoms with Crippen molar-refractivity contribution >= 4 is 40.9 Å². The molecular formula is C21H20Cl2N4OS. The zero-order chi connectivity index (χ0) is 20.4. The fraction of sp³-hybridized carbons (Fsp3) is 0.286. The second-order valence-corrected chi connectivity index (χ2v) is 8.78. The molecule has 1 saturated carbocycles. The van der Waals surface area contributed by atoms with Gasteiger partial charge in [-0.2, -0.15) is 0 Å². The number of amides is 1. The van der Waals surface area contributed by atoms with E-state index in [4.69, 9.17) is 23.2 Å². The van der Waals surface area contributed by atoms with Crippen LogP contribution in [0.15, 0.2) is 53.7 Å². The molecule has 1 aliphatic rings. The normalized spacial score (nSPS) is 14.6. The van der Waals surface area contributed by atoms with E-state index >= 15 is 0 Å². The Kier molecular flexibility index (Phi) is 6.13. The molecule has 29 heavy (non-hydrogen) atoms. The molecule has 8 heteroatoms. The third kappa shape index (κ3) is 4.60. The molecule has 0 aliphatic heterocycles. The van der Waals surface area contributed by atoms with Crippen LogP contribution in [-0.2, 0) is 11.3 Å². The number of rotatable bonds is 7. The van der Waals surface area contributed by atoms with Gasteiger partial charge >= 0.3 is 0 Å². The first-order valence-electron chi connectivity index (χ1n) is 9.47. The molecule has 2 aromatic carbocycles. The lowest BCUT2D eigenvalue weighted by molar-refractivity contribution is -0.120. The number of nitrogens with zero attached hydrogens (tertiary/aromatic N) is 3. The molecule has 1 aromatic heterocycles. The molecule has 3 aromatic rings. The number of carbonyl (C=O) groups is 1. The van der Waals surface area contributed by atoms with Gasteiger partial charge in [-0.15, -0.1) is 10.2 Å². The van der Waals surface area contributed by atoms with Crippen LogP contribution >= 0.6 is 35.0 Å². The van der Waals surface area contributed by atoms with Crippen LogP contribution in [0.25, 0.3) is 11.4 Å². The Morgan fingerprint density at radius 3 is 2.62 bits per heavy atom. The maximum Gasteiger partial charge on any atom is 0.238 e. The Balaban J connectivity index is 1.67. The zero-order valence-electron chi connectivity index (χ0n) is 15.8. The molecule has 0 saturated heterocycles. The Labute approximate surface area is 183 Å². The van der Waals surface area contributed by atoms with Gasteiger partial charge in [-0.25, -0.2) is 0 Å². The summed E-state index contributed by atoms with van der Waals surface area (Å²) in [4.78, 5) is 12.9. The Morgan fingerprint density at radius 1 is 1.21 bits per heavy atom. The number of aromatic nitrogens is 3. The van der Waals surface area contributed by atoms with Gasteiger partial charge in [0.2, 0.25) is 5.91 Å². The smallest absolute Gasteiger partial charge is 0.238 e. The minimum absolute atomic E-state index is 0.000397. The van der Waals surface area contributed by atoms with E-state index in [9.17, 15) is 4.79 Å². The third-order valence-corrected chi connectivity index (χ3v) is 6.48. The highest BCUT2D eigenvalue weighted by Gasteiger charge is 2.30. The predicted molar refractivity (Wildman–Crippen MR) is 117 cm³/mol. The number of hydrogen-bond donors (Lipinski definition) is 1. The second kappa shape index (κ2) is 8.78. The molecule has 0 spiro atoms. The van der Waals surface area contributed by atoms with Gasteiger partial charge in [0.1, 0.15) is 5.25 Å². The van der Waals surface area contributed by atoms with E-state index in [1.54, 1.807) is 12.1 Å². The van der Waals surface area contributed by atoms with Crippen LogP contribution in [0.5, 0.6) is 0 Å². The van der Waals surface area contributed by atoms with Crippen molar-refractivity contribution in [3.05, 3.63) is 64.1 Å². The van der Waals surface area contributed by atoms with Gasteiger partial charge in [0.25, 0.3) is 0 Å². The topological polar surface area (TPSA) is 59.8 Å². The first kappa shape index (κ1) is 20.3. The van der Waals surface area contributed by atoms with Crippen LogP contribution in [0.2, 0.25) is 10.0 Å². The summed E-state index contributed by atoms with van der Waals surface area (Å²) >= 11 is 13.8. The SMILES string of the molecule is CCn1c(S[C@@H](C(=O)NC2CC2)c2ccccc2)nnc1-c1ccc(Cl)cc1Cl. The molecular weight excluding hydrogens is 427 g/mol. The summed E-state index contributed by atoms with van der Waals surface area (Å²) < 4.78 is 1.97. The van der Waals surface area contributed by atoms with E-state index in [0.29, 0.717) is 33.6 Å². The average Bonchev–Trinajstić information content (AvgIpc) is 3.44. The van der Waals surface area contributed by atoms with Crippen LogP contribution in [0.4, 0.5) is 0 Å². The van der Waals surface area contributed by atoms with Gasteiger partial charge < -0.3 is 9.88 Å². The third-order valence-electron chi connectivity index (χ3n) is 4.69. The van der Waals surface area contributed by atoms with E-state index in [-0.39, 0.29) is 5.91 Å². The molecule has 1 aliphatic carbocycles. The summed E-state index contributed by atoms with van der Waals surface area (Å²) in [5.41, 5.74) is 1.70. The molecule has 1 N–H and O–H groups in total. The molecule has 1 heterocycles. The van der Waals surface area contributed by atoms with Crippen LogP contribution in [0.3, 0.4) is 0 Å². The largest absolute Gasteiger partial charge is 0.352 e. The van der Waals surface area contributed by atoms with Crippen LogP contribution in [0, 0.1) is 0 Å². The second-order valence-electron chi connectivity index (χ2n) is 6.87. The van der Waals surface area contributed by atoms with E-state index < -0.39 is 5.25 Å². The lowest BCUT2D eigenvalue weighted by Crippen LogP contribution is -2.30. The van der Waals surface area contributed by atoms with Gasteiger partial charge in [0.15, 0.2) is 11.0 Å². The summed E-state index contributed by atoms with van der Waals surface area (Å²) in [5.74, 6) is 0.659. The van der Waals surface area contributed by atoms with Crippen molar-refractivity contribution in [3.8, 4) is 11.4 Å². The number of hydrogen-bond acceptors (Lipinski definition) is 4. The zero-order valence-corrected chi connectivity index (χ0v) is 18.1. The van der Waals surface area contributed by atoms with E-state index in [2.05, 4.69) is 15.5 Å². The van der Waals surface area contributed by atoms with Crippen LogP contribution in [0.1, 0.15) is 30.6 Å². The summed E-state index contributed by atoms with van der Waals surface area (Å²) in [6, 6.07) is 15.4. The minimum atomic E-state index is -0.403. The Bertz CT molecular complexity index is 1020. The maximum absolute atomic E-state index is 12.9. The van der Waals surface area contributed by atoms with Gasteiger partial charge in [-0.05, 0) is 43.5 Å². The van der Waals surface area contributed by atoms with Crippen LogP contribution in [-0.4, -0.2) is 26.7 Å². The highest BCUT2D eigenvalue weighted by Crippen LogP contribution is 2.38. The molecule has 0 bridgehead atoms. The van der Waals surface area contributed by atoms with Gasteiger partial charge in [0, 0.05) is 23.2 Å². The highest BCUT2D eigenvalue weighted by molar-refractivity contribution is 8.00. The highest BCUT2D eigenvalue weighted by atomic mass is 35.5. The van der Waals surface area contributed by atoms with Crippen LogP contribution < -0.4 is 5.32 Å². The number of benzene rings is 2. The molecule has 1 amide bonds. The van der Waals surface area contributed by atoms with Gasteiger partial charge in [-0.3, -0.25) is 4.79 Å². The molecule has 4 rings (SSSR count). The summed E-state index contributed by atoms with van der Waals surface area (Å²) in [6.45, 7) is 2.66. The molecule has 0 radical (unpaired) electrons. The van der Waals surface area contributed by atoms with Gasteiger partial charge in [-0.1, -0.05) is 65.3 Å². The molecule has 1 atom stereocenters. The lowest BCUT2D eigenvalue weighted by Gasteiger charge is -2.17. The molecule has 0 unspecified atom stereocenters. The Hall–Kier alpha value is -2.02. The van der Waals surface area contributed by atoms with Crippen molar-refractivity contribution < 1.29 is 4.79 Å². The first-order chi connectivity index (χ1) is 14.1. The van der Waals surface area contributed by atoms with E-state index in [0.717, 1.165) is 24.0 Å². The minimum Gasteiger partial charge on any atom is -0.352 e. The number of carbonyl (C=O) groups excluding carboxylic acids is 1. The fourth-order valence-electron chi connectivity index (χ4n) is 3.04. The summed E-state index contributed by atoms with van der Waals surface area (Å²) in [7, 11) is 0. The van der Waals surface area contributed by atoms with E-state index in [1.165, 1.54) is 11.8 Å². The number of nitrogens with one attached hydrogen (secondary N) is 1. The van der Waals surface area contributed by atoms with Crippen molar-refractivity contribution in [3.63, 3.8) is 0 Å². The number of thioether (sulfide) groups is 1. The van der Waals surface area contributed by atoms with E-state index in [1.807, 2.05) is 47.9 Å². The average molecular weight is 447 g/mol. The van der Waals surface area contributed by atoms with Crippen molar-refractivity contribution in [2.45, 2.75) is 42.8 Å². The fourth-order valence-corrected chi connectivity index (χ4v) is 4.64. The number of halogens is 2. The summed E-state index contributed by atoms with van der Waals surface area (Å²) in [5, 5.41) is 13.2. The van der Waals surface area contributed by atoms with Crippen molar-refractivity contribution in [2.75, 3.05) is 0 Å². The standard InChI is InChI=1S/C21H20Cl2N4OS/c1-2-27-19(16-11-8-14(22)12-17(16)23)25-26-21(27)29-18(13-6-4-3-5-7-13)20(28)24-15-9-10-15/h3-8,11-12,15,18H,2,9-10H2,1H3,(H,24,28)/t18-/m1/s1. The summed E-state index contributed by atoms with van der Waals surface area (Å²) in [6.07, 6.45) is 2.09. The maximum atomic E-state index is 12.9.